The molecule has 0 aromatic heterocycles. The fraction of sp³-hybridized carbons (Fsp3) is 0.200. The van der Waals surface area contributed by atoms with Crippen molar-refractivity contribution in [1.82, 2.24) is 10.2 Å². The molecule has 2 N–H and O–H groups in total. The van der Waals surface area contributed by atoms with E-state index in [1.54, 1.807) is 24.3 Å². The fourth-order valence-corrected chi connectivity index (χ4v) is 3.76. The van der Waals surface area contributed by atoms with Gasteiger partial charge >= 0.3 is 0 Å². The van der Waals surface area contributed by atoms with Gasteiger partial charge in [-0.1, -0.05) is 37.3 Å². The van der Waals surface area contributed by atoms with E-state index < -0.39 is 0 Å². The van der Waals surface area contributed by atoms with Crippen molar-refractivity contribution in [2.75, 3.05) is 11.9 Å². The van der Waals surface area contributed by atoms with Crippen LogP contribution in [0.1, 0.15) is 51.4 Å². The number of benzene rings is 3. The van der Waals surface area contributed by atoms with Crippen LogP contribution in [-0.2, 0) is 6.54 Å². The maximum absolute atomic E-state index is 13.0. The highest BCUT2D eigenvalue weighted by Crippen LogP contribution is 2.34. The van der Waals surface area contributed by atoms with E-state index in [4.69, 9.17) is 0 Å². The predicted octanol–water partition coefficient (Wildman–Crippen LogP) is 4.73. The van der Waals surface area contributed by atoms with Gasteiger partial charge in [0.25, 0.3) is 11.8 Å². The molecule has 0 saturated carbocycles. The molecule has 3 aromatic carbocycles. The van der Waals surface area contributed by atoms with Crippen LogP contribution in [-0.4, -0.2) is 23.3 Å². The minimum atomic E-state index is -0.303. The highest BCUT2D eigenvalue weighted by Gasteiger charge is 2.35. The molecule has 31 heavy (non-hydrogen) atoms. The van der Waals surface area contributed by atoms with Crippen LogP contribution in [0.2, 0.25) is 0 Å². The second-order valence-corrected chi connectivity index (χ2v) is 7.52. The van der Waals surface area contributed by atoms with Crippen molar-refractivity contribution in [3.05, 3.63) is 101 Å². The Morgan fingerprint density at radius 2 is 1.71 bits per heavy atom. The third-order valence-corrected chi connectivity index (χ3v) is 5.34. The quantitative estimate of drug-likeness (QED) is 0.584. The highest BCUT2D eigenvalue weighted by atomic mass is 19.1. The molecule has 1 aliphatic heterocycles. The summed E-state index contributed by atoms with van der Waals surface area (Å²) in [5, 5.41) is 6.26. The number of carbonyl (C=O) groups excluding carboxylic acids is 2. The van der Waals surface area contributed by atoms with Gasteiger partial charge < -0.3 is 15.5 Å². The Hall–Kier alpha value is -3.67. The number of halogens is 1. The molecule has 0 spiro atoms. The summed E-state index contributed by atoms with van der Waals surface area (Å²) >= 11 is 0. The summed E-state index contributed by atoms with van der Waals surface area (Å²) in [6.45, 7) is 3.04. The van der Waals surface area contributed by atoms with Gasteiger partial charge in [-0.2, -0.15) is 0 Å². The van der Waals surface area contributed by atoms with Crippen LogP contribution < -0.4 is 10.6 Å². The molecule has 1 atom stereocenters. The van der Waals surface area contributed by atoms with E-state index in [1.165, 1.54) is 12.1 Å². The molecule has 1 aliphatic rings. The number of anilines is 1. The molecule has 4 rings (SSSR count). The van der Waals surface area contributed by atoms with Crippen LogP contribution in [0.3, 0.4) is 0 Å². The summed E-state index contributed by atoms with van der Waals surface area (Å²) in [5.41, 5.74) is 3.87. The van der Waals surface area contributed by atoms with Crippen LogP contribution in [0, 0.1) is 5.82 Å². The van der Waals surface area contributed by atoms with Crippen molar-refractivity contribution >= 4 is 17.5 Å². The molecular formula is C25H24FN3O2. The molecular weight excluding hydrogens is 393 g/mol. The van der Waals surface area contributed by atoms with Crippen molar-refractivity contribution in [2.45, 2.75) is 26.1 Å². The van der Waals surface area contributed by atoms with E-state index in [0.717, 1.165) is 28.8 Å². The standard InChI is InChI=1S/C25H24FN3O2/c1-2-15-29-23(21-5-3-4-6-22(21)25(29)31)28-20-13-9-18(10-14-20)24(30)27-16-17-7-11-19(26)12-8-17/h3-14,23,28H,2,15-16H2,1H3,(H,27,30). The average molecular weight is 417 g/mol. The molecule has 0 fully saturated rings. The van der Waals surface area contributed by atoms with E-state index in [9.17, 15) is 14.0 Å². The third-order valence-electron chi connectivity index (χ3n) is 5.34. The van der Waals surface area contributed by atoms with Crippen LogP contribution in [0.15, 0.2) is 72.8 Å². The first-order valence-corrected chi connectivity index (χ1v) is 10.4. The Labute approximate surface area is 180 Å². The van der Waals surface area contributed by atoms with E-state index in [0.29, 0.717) is 18.7 Å². The minimum Gasteiger partial charge on any atom is -0.361 e. The SMILES string of the molecule is CCCN1C(=O)c2ccccc2C1Nc1ccc(C(=O)NCc2ccc(F)cc2)cc1. The molecule has 5 nitrogen and oxygen atoms in total. The number of nitrogens with one attached hydrogen (secondary N) is 2. The lowest BCUT2D eigenvalue weighted by Crippen LogP contribution is -2.33. The van der Waals surface area contributed by atoms with Gasteiger partial charge in [-0.3, -0.25) is 9.59 Å². The number of fused-ring (bicyclic) bond motifs is 1. The Morgan fingerprint density at radius 1 is 1.00 bits per heavy atom. The molecule has 0 bridgehead atoms. The fourth-order valence-electron chi connectivity index (χ4n) is 3.76. The van der Waals surface area contributed by atoms with Gasteiger partial charge in [0.1, 0.15) is 12.0 Å². The van der Waals surface area contributed by atoms with Crippen LogP contribution in [0.25, 0.3) is 0 Å². The summed E-state index contributed by atoms with van der Waals surface area (Å²) in [6, 6.07) is 20.8. The highest BCUT2D eigenvalue weighted by molar-refractivity contribution is 5.99. The number of hydrogen-bond donors (Lipinski definition) is 2. The zero-order chi connectivity index (χ0) is 21.8. The Balaban J connectivity index is 1.43. The second kappa shape index (κ2) is 9.00. The van der Waals surface area contributed by atoms with Gasteiger partial charge in [-0.15, -0.1) is 0 Å². The molecule has 2 amide bonds. The van der Waals surface area contributed by atoms with Crippen molar-refractivity contribution in [3.8, 4) is 0 Å². The van der Waals surface area contributed by atoms with E-state index in [1.807, 2.05) is 48.2 Å². The number of rotatable bonds is 7. The summed E-state index contributed by atoms with van der Waals surface area (Å²) in [5.74, 6) is -0.473. The first-order chi connectivity index (χ1) is 15.1. The Kier molecular flexibility index (Phi) is 5.98. The van der Waals surface area contributed by atoms with Gasteiger partial charge in [0.2, 0.25) is 0 Å². The van der Waals surface area contributed by atoms with E-state index in [2.05, 4.69) is 10.6 Å². The topological polar surface area (TPSA) is 61.4 Å². The van der Waals surface area contributed by atoms with Crippen molar-refractivity contribution in [3.63, 3.8) is 0 Å². The normalized spacial score (nSPS) is 15.0. The second-order valence-electron chi connectivity index (χ2n) is 7.52. The molecule has 1 unspecified atom stereocenters. The van der Waals surface area contributed by atoms with Crippen molar-refractivity contribution in [1.29, 1.82) is 0 Å². The summed E-state index contributed by atoms with van der Waals surface area (Å²) in [6.07, 6.45) is 0.632. The van der Waals surface area contributed by atoms with Gasteiger partial charge in [0, 0.05) is 35.5 Å². The van der Waals surface area contributed by atoms with Crippen molar-refractivity contribution < 1.29 is 14.0 Å². The van der Waals surface area contributed by atoms with E-state index >= 15 is 0 Å². The van der Waals surface area contributed by atoms with Crippen molar-refractivity contribution in [2.24, 2.45) is 0 Å². The molecule has 3 aromatic rings. The maximum atomic E-state index is 13.0. The molecule has 0 aliphatic carbocycles. The molecule has 0 saturated heterocycles. The maximum Gasteiger partial charge on any atom is 0.256 e. The average Bonchev–Trinajstić information content (AvgIpc) is 3.05. The zero-order valence-electron chi connectivity index (χ0n) is 17.3. The summed E-state index contributed by atoms with van der Waals surface area (Å²) < 4.78 is 13.0. The number of carbonyl (C=O) groups is 2. The number of amides is 2. The first kappa shape index (κ1) is 20.6. The lowest BCUT2D eigenvalue weighted by Gasteiger charge is -2.26. The monoisotopic (exact) mass is 417 g/mol. The summed E-state index contributed by atoms with van der Waals surface area (Å²) in [7, 11) is 0. The smallest absolute Gasteiger partial charge is 0.256 e. The van der Waals surface area contributed by atoms with Gasteiger partial charge in [0.05, 0.1) is 0 Å². The Bertz CT molecular complexity index is 1080. The minimum absolute atomic E-state index is 0.0340. The Morgan fingerprint density at radius 3 is 2.42 bits per heavy atom. The van der Waals surface area contributed by atoms with Crippen LogP contribution >= 0.6 is 0 Å². The van der Waals surface area contributed by atoms with E-state index in [-0.39, 0.29) is 23.8 Å². The van der Waals surface area contributed by atoms with Crippen LogP contribution in [0.4, 0.5) is 10.1 Å². The predicted molar refractivity (Wildman–Crippen MR) is 118 cm³/mol. The van der Waals surface area contributed by atoms with Crippen LogP contribution in [0.5, 0.6) is 0 Å². The number of nitrogens with zero attached hydrogens (tertiary/aromatic N) is 1. The van der Waals surface area contributed by atoms with Gasteiger partial charge in [0.15, 0.2) is 0 Å². The molecule has 0 radical (unpaired) electrons. The first-order valence-electron chi connectivity index (χ1n) is 10.4. The molecule has 1 heterocycles. The lowest BCUT2D eigenvalue weighted by atomic mass is 10.1. The number of hydrogen-bond acceptors (Lipinski definition) is 3. The lowest BCUT2D eigenvalue weighted by molar-refractivity contribution is 0.0743. The molecule has 6 heteroatoms. The van der Waals surface area contributed by atoms with Gasteiger partial charge in [-0.25, -0.2) is 4.39 Å². The largest absolute Gasteiger partial charge is 0.361 e. The zero-order valence-corrected chi connectivity index (χ0v) is 17.3. The van der Waals surface area contributed by atoms with Gasteiger partial charge in [-0.05, 0) is 54.4 Å². The third kappa shape index (κ3) is 4.43. The summed E-state index contributed by atoms with van der Waals surface area (Å²) in [4.78, 5) is 27.0. The molecule has 158 valence electrons.